The molecule has 0 radical (unpaired) electrons. The van der Waals surface area contributed by atoms with Crippen molar-refractivity contribution < 1.29 is 27.4 Å². The number of ether oxygens (including phenoxy) is 3. The molecular formula is C23H24ClF3N4O3. The van der Waals surface area contributed by atoms with Crippen LogP contribution in [0, 0.1) is 0 Å². The standard InChI is InChI=1S/C23H24ClF3N4O3/c1-32-20-12-16-18(13-21(20)34-8-2-5-31-6-9-33-10-7-31)28-14-29-22(16)30-19-11-15(23(25,26)27)3-4-17(19)24/h3-4,11-14H,2,5-10H2,1H3,(H,28,29,30). The van der Waals surface area contributed by atoms with Gasteiger partial charge in [-0.15, -0.1) is 0 Å². The van der Waals surface area contributed by atoms with Gasteiger partial charge >= 0.3 is 6.18 Å². The molecule has 0 aliphatic carbocycles. The summed E-state index contributed by atoms with van der Waals surface area (Å²) in [5.74, 6) is 1.29. The molecule has 4 rings (SSSR count). The Labute approximate surface area is 199 Å². The number of aromatic nitrogens is 2. The Bertz CT molecular complexity index is 1140. The minimum Gasteiger partial charge on any atom is -0.493 e. The van der Waals surface area contributed by atoms with Gasteiger partial charge in [0.15, 0.2) is 11.5 Å². The number of fused-ring (bicyclic) bond motifs is 1. The van der Waals surface area contributed by atoms with Crippen LogP contribution in [0.25, 0.3) is 10.9 Å². The maximum Gasteiger partial charge on any atom is 0.416 e. The fourth-order valence-corrected chi connectivity index (χ4v) is 3.82. The number of nitrogens with zero attached hydrogens (tertiary/aromatic N) is 3. The van der Waals surface area contributed by atoms with Crippen LogP contribution in [-0.2, 0) is 10.9 Å². The number of hydrogen-bond donors (Lipinski definition) is 1. The van der Waals surface area contributed by atoms with Gasteiger partial charge in [0.2, 0.25) is 0 Å². The van der Waals surface area contributed by atoms with Gasteiger partial charge in [-0.2, -0.15) is 13.2 Å². The molecule has 0 amide bonds. The summed E-state index contributed by atoms with van der Waals surface area (Å²) < 4.78 is 56.2. The van der Waals surface area contributed by atoms with Gasteiger partial charge < -0.3 is 19.5 Å². The molecule has 2 aromatic carbocycles. The zero-order valence-electron chi connectivity index (χ0n) is 18.5. The normalized spacial score (nSPS) is 14.9. The molecule has 1 aliphatic rings. The predicted molar refractivity (Wildman–Crippen MR) is 123 cm³/mol. The van der Waals surface area contributed by atoms with Crippen molar-refractivity contribution in [3.63, 3.8) is 0 Å². The molecule has 0 bridgehead atoms. The van der Waals surface area contributed by atoms with Crippen molar-refractivity contribution in [2.45, 2.75) is 12.6 Å². The van der Waals surface area contributed by atoms with Crippen molar-refractivity contribution in [2.24, 2.45) is 0 Å². The first-order valence-corrected chi connectivity index (χ1v) is 11.1. The minimum absolute atomic E-state index is 0.0823. The lowest BCUT2D eigenvalue weighted by molar-refractivity contribution is -0.137. The molecule has 11 heteroatoms. The van der Waals surface area contributed by atoms with E-state index in [4.69, 9.17) is 25.8 Å². The van der Waals surface area contributed by atoms with Gasteiger partial charge in [-0.1, -0.05) is 11.6 Å². The summed E-state index contributed by atoms with van der Waals surface area (Å²) in [6, 6.07) is 6.48. The number of benzene rings is 2. The van der Waals surface area contributed by atoms with E-state index in [2.05, 4.69) is 20.2 Å². The fraction of sp³-hybridized carbons (Fsp3) is 0.391. The molecule has 34 heavy (non-hydrogen) atoms. The zero-order valence-corrected chi connectivity index (χ0v) is 19.2. The summed E-state index contributed by atoms with van der Waals surface area (Å²) in [5, 5.41) is 3.57. The summed E-state index contributed by atoms with van der Waals surface area (Å²) in [6.45, 7) is 4.74. The summed E-state index contributed by atoms with van der Waals surface area (Å²) in [4.78, 5) is 10.8. The Hall–Kier alpha value is -2.82. The van der Waals surface area contributed by atoms with Gasteiger partial charge in [0.1, 0.15) is 12.1 Å². The van der Waals surface area contributed by atoms with Crippen LogP contribution >= 0.6 is 11.6 Å². The lowest BCUT2D eigenvalue weighted by Crippen LogP contribution is -2.37. The quantitative estimate of drug-likeness (QED) is 0.432. The molecule has 0 unspecified atom stereocenters. The molecule has 3 aromatic rings. The lowest BCUT2D eigenvalue weighted by Gasteiger charge is -2.26. The number of alkyl halides is 3. The summed E-state index contributed by atoms with van der Waals surface area (Å²) in [5.41, 5.74) is -0.188. The predicted octanol–water partition coefficient (Wildman–Crippen LogP) is 5.16. The van der Waals surface area contributed by atoms with Gasteiger partial charge in [-0.3, -0.25) is 4.90 Å². The van der Waals surface area contributed by atoms with Crippen LogP contribution in [0.2, 0.25) is 5.02 Å². The summed E-state index contributed by atoms with van der Waals surface area (Å²) in [7, 11) is 1.52. The number of nitrogens with one attached hydrogen (secondary N) is 1. The fourth-order valence-electron chi connectivity index (χ4n) is 3.66. The van der Waals surface area contributed by atoms with Crippen molar-refractivity contribution in [1.29, 1.82) is 0 Å². The molecule has 1 aliphatic heterocycles. The van der Waals surface area contributed by atoms with Gasteiger partial charge in [0.25, 0.3) is 0 Å². The number of anilines is 2. The molecule has 182 valence electrons. The molecule has 7 nitrogen and oxygen atoms in total. The van der Waals surface area contributed by atoms with Gasteiger partial charge in [0, 0.05) is 31.1 Å². The summed E-state index contributed by atoms with van der Waals surface area (Å²) in [6.07, 6.45) is -2.33. The summed E-state index contributed by atoms with van der Waals surface area (Å²) >= 11 is 6.13. The van der Waals surface area contributed by atoms with Crippen LogP contribution in [0.3, 0.4) is 0 Å². The second-order valence-electron chi connectivity index (χ2n) is 7.72. The van der Waals surface area contributed by atoms with E-state index >= 15 is 0 Å². The largest absolute Gasteiger partial charge is 0.493 e. The van der Waals surface area contributed by atoms with Crippen molar-refractivity contribution in [3.05, 3.63) is 47.2 Å². The van der Waals surface area contributed by atoms with E-state index in [9.17, 15) is 13.2 Å². The molecule has 1 fully saturated rings. The molecule has 1 N–H and O–H groups in total. The SMILES string of the molecule is COc1cc2c(Nc3cc(C(F)(F)F)ccc3Cl)ncnc2cc1OCCCN1CCOCC1. The first-order valence-electron chi connectivity index (χ1n) is 10.7. The van der Waals surface area contributed by atoms with Crippen LogP contribution in [0.5, 0.6) is 11.5 Å². The van der Waals surface area contributed by atoms with E-state index in [1.54, 1.807) is 12.1 Å². The van der Waals surface area contributed by atoms with Crippen LogP contribution in [0.1, 0.15) is 12.0 Å². The molecule has 2 heterocycles. The zero-order chi connectivity index (χ0) is 24.1. The Morgan fingerprint density at radius 2 is 1.91 bits per heavy atom. The Morgan fingerprint density at radius 3 is 2.65 bits per heavy atom. The van der Waals surface area contributed by atoms with Crippen molar-refractivity contribution >= 4 is 34.0 Å². The third-order valence-electron chi connectivity index (χ3n) is 5.45. The van der Waals surface area contributed by atoms with E-state index in [-0.39, 0.29) is 10.7 Å². The van der Waals surface area contributed by atoms with Crippen molar-refractivity contribution in [3.8, 4) is 11.5 Å². The highest BCUT2D eigenvalue weighted by Gasteiger charge is 2.31. The van der Waals surface area contributed by atoms with E-state index in [0.717, 1.165) is 51.4 Å². The Kier molecular flexibility index (Phi) is 7.60. The van der Waals surface area contributed by atoms with Gasteiger partial charge in [-0.05, 0) is 30.7 Å². The molecule has 0 atom stereocenters. The molecule has 1 aromatic heterocycles. The number of hydrogen-bond acceptors (Lipinski definition) is 7. The molecule has 1 saturated heterocycles. The maximum absolute atomic E-state index is 13.1. The van der Waals surface area contributed by atoms with Gasteiger partial charge in [-0.25, -0.2) is 9.97 Å². The highest BCUT2D eigenvalue weighted by atomic mass is 35.5. The monoisotopic (exact) mass is 496 g/mol. The van der Waals surface area contributed by atoms with Gasteiger partial charge in [0.05, 0.1) is 48.7 Å². The van der Waals surface area contributed by atoms with Crippen molar-refractivity contribution in [2.75, 3.05) is 51.9 Å². The van der Waals surface area contributed by atoms with Crippen molar-refractivity contribution in [1.82, 2.24) is 14.9 Å². The third-order valence-corrected chi connectivity index (χ3v) is 5.78. The second kappa shape index (κ2) is 10.6. The van der Waals surface area contributed by atoms with Crippen LogP contribution in [0.4, 0.5) is 24.7 Å². The molecule has 0 spiro atoms. The number of morpholine rings is 1. The van der Waals surface area contributed by atoms with E-state index < -0.39 is 11.7 Å². The molecule has 0 saturated carbocycles. The highest BCUT2D eigenvalue weighted by molar-refractivity contribution is 6.33. The highest BCUT2D eigenvalue weighted by Crippen LogP contribution is 2.38. The van der Waals surface area contributed by atoms with E-state index in [1.807, 2.05) is 0 Å². The number of halogens is 4. The first-order chi connectivity index (χ1) is 16.3. The lowest BCUT2D eigenvalue weighted by atomic mass is 10.1. The smallest absolute Gasteiger partial charge is 0.416 e. The third kappa shape index (κ3) is 5.81. The average Bonchev–Trinajstić information content (AvgIpc) is 2.83. The maximum atomic E-state index is 13.1. The van der Waals surface area contributed by atoms with Crippen LogP contribution < -0.4 is 14.8 Å². The Morgan fingerprint density at radius 1 is 1.12 bits per heavy atom. The Balaban J connectivity index is 1.53. The molecular weight excluding hydrogens is 473 g/mol. The van der Waals surface area contributed by atoms with Crippen LogP contribution in [-0.4, -0.2) is 61.4 Å². The number of rotatable bonds is 8. The topological polar surface area (TPSA) is 68.7 Å². The minimum atomic E-state index is -4.49. The average molecular weight is 497 g/mol. The van der Waals surface area contributed by atoms with E-state index in [1.165, 1.54) is 19.5 Å². The van der Waals surface area contributed by atoms with E-state index in [0.29, 0.717) is 34.8 Å². The van der Waals surface area contributed by atoms with Crippen LogP contribution in [0.15, 0.2) is 36.7 Å². The number of methoxy groups -OCH3 is 1. The second-order valence-corrected chi connectivity index (χ2v) is 8.12. The first kappa shape index (κ1) is 24.3.